The molecular formula is C17H20BrNO2. The van der Waals surface area contributed by atoms with Gasteiger partial charge in [0.05, 0.1) is 17.6 Å². The van der Waals surface area contributed by atoms with Crippen LogP contribution in [0.15, 0.2) is 34.9 Å². The van der Waals surface area contributed by atoms with Gasteiger partial charge in [-0.15, -0.1) is 0 Å². The van der Waals surface area contributed by atoms with E-state index in [1.165, 1.54) is 19.3 Å². The van der Waals surface area contributed by atoms with Gasteiger partial charge in [0.1, 0.15) is 5.76 Å². The number of nitrogens with zero attached hydrogens (tertiary/aromatic N) is 1. The highest BCUT2D eigenvalue weighted by Gasteiger charge is 2.23. The van der Waals surface area contributed by atoms with Gasteiger partial charge in [-0.25, -0.2) is 4.98 Å². The fourth-order valence-corrected chi connectivity index (χ4v) is 3.31. The summed E-state index contributed by atoms with van der Waals surface area (Å²) in [6, 6.07) is 7.94. The summed E-state index contributed by atoms with van der Waals surface area (Å²) in [7, 11) is 0. The third-order valence-corrected chi connectivity index (χ3v) is 4.83. The van der Waals surface area contributed by atoms with Crippen molar-refractivity contribution in [2.45, 2.75) is 43.5 Å². The van der Waals surface area contributed by atoms with Gasteiger partial charge in [-0.1, -0.05) is 47.3 Å². The Hall–Kier alpha value is -1.13. The smallest absolute Gasteiger partial charge is 0.226 e. The quantitative estimate of drug-likeness (QED) is 0.802. The molecule has 1 fully saturated rings. The Labute approximate surface area is 133 Å². The average molecular weight is 350 g/mol. The molecule has 1 unspecified atom stereocenters. The van der Waals surface area contributed by atoms with Crippen LogP contribution in [-0.2, 0) is 5.33 Å². The molecule has 1 heterocycles. The number of halogens is 1. The van der Waals surface area contributed by atoms with Gasteiger partial charge in [-0.3, -0.25) is 0 Å². The molecule has 112 valence electrons. The van der Waals surface area contributed by atoms with Gasteiger partial charge >= 0.3 is 0 Å². The van der Waals surface area contributed by atoms with Gasteiger partial charge < -0.3 is 9.52 Å². The van der Waals surface area contributed by atoms with E-state index in [0.29, 0.717) is 17.1 Å². The predicted molar refractivity (Wildman–Crippen MR) is 86.1 cm³/mol. The summed E-state index contributed by atoms with van der Waals surface area (Å²) in [5, 5.41) is 11.2. The Morgan fingerprint density at radius 3 is 2.52 bits per heavy atom. The van der Waals surface area contributed by atoms with Crippen molar-refractivity contribution in [1.29, 1.82) is 0 Å². The van der Waals surface area contributed by atoms with Gasteiger partial charge in [0.2, 0.25) is 5.89 Å². The number of benzene rings is 1. The minimum absolute atomic E-state index is 0.345. The number of hydrogen-bond donors (Lipinski definition) is 1. The molecular weight excluding hydrogens is 330 g/mol. The first-order valence-corrected chi connectivity index (χ1v) is 8.69. The maximum Gasteiger partial charge on any atom is 0.226 e. The molecule has 1 aliphatic carbocycles. The molecule has 21 heavy (non-hydrogen) atoms. The van der Waals surface area contributed by atoms with E-state index in [4.69, 9.17) is 4.42 Å². The van der Waals surface area contributed by atoms with Gasteiger partial charge in [0.25, 0.3) is 0 Å². The van der Waals surface area contributed by atoms with E-state index >= 15 is 0 Å². The van der Waals surface area contributed by atoms with E-state index in [2.05, 4.69) is 20.9 Å². The second-order valence-electron chi connectivity index (χ2n) is 5.73. The lowest BCUT2D eigenvalue weighted by atomic mass is 9.82. The zero-order valence-electron chi connectivity index (χ0n) is 12.0. The monoisotopic (exact) mass is 349 g/mol. The van der Waals surface area contributed by atoms with Crippen LogP contribution in [0.25, 0.3) is 11.5 Å². The Bertz CT molecular complexity index is 573. The molecule has 0 amide bonds. The Morgan fingerprint density at radius 2 is 1.90 bits per heavy atom. The van der Waals surface area contributed by atoms with Crippen LogP contribution >= 0.6 is 15.9 Å². The van der Waals surface area contributed by atoms with Gasteiger partial charge in [-0.05, 0) is 36.5 Å². The minimum atomic E-state index is -0.345. The standard InChI is InChI=1S/C17H20BrNO2/c18-10-15-11-19-17(21-15)14-8-6-13(7-9-14)16(20)12-4-2-1-3-5-12/h6-9,11-12,16,20H,1-5,10H2. The van der Waals surface area contributed by atoms with Crippen molar-refractivity contribution in [3.8, 4) is 11.5 Å². The molecule has 0 radical (unpaired) electrons. The number of aromatic nitrogens is 1. The molecule has 4 heteroatoms. The SMILES string of the molecule is OC(c1ccc(-c2ncc(CBr)o2)cc1)C1CCCCC1. The van der Waals surface area contributed by atoms with Crippen molar-refractivity contribution >= 4 is 15.9 Å². The maximum absolute atomic E-state index is 10.5. The van der Waals surface area contributed by atoms with Crippen LogP contribution < -0.4 is 0 Å². The van der Waals surface area contributed by atoms with Gasteiger partial charge in [0.15, 0.2) is 0 Å². The minimum Gasteiger partial charge on any atom is -0.440 e. The van der Waals surface area contributed by atoms with Crippen molar-refractivity contribution in [1.82, 2.24) is 4.98 Å². The second kappa shape index (κ2) is 6.75. The van der Waals surface area contributed by atoms with Crippen LogP contribution in [0.4, 0.5) is 0 Å². The number of aliphatic hydroxyl groups excluding tert-OH is 1. The summed E-state index contributed by atoms with van der Waals surface area (Å²) in [5.74, 6) is 1.85. The first-order valence-electron chi connectivity index (χ1n) is 7.57. The third kappa shape index (κ3) is 3.38. The molecule has 0 saturated heterocycles. The molecule has 0 aliphatic heterocycles. The maximum atomic E-state index is 10.5. The molecule has 3 nitrogen and oxygen atoms in total. The van der Waals surface area contributed by atoms with E-state index in [-0.39, 0.29) is 6.10 Å². The lowest BCUT2D eigenvalue weighted by molar-refractivity contribution is 0.0848. The van der Waals surface area contributed by atoms with Crippen LogP contribution in [-0.4, -0.2) is 10.1 Å². The van der Waals surface area contributed by atoms with E-state index < -0.39 is 0 Å². The average Bonchev–Trinajstić information content (AvgIpc) is 3.04. The van der Waals surface area contributed by atoms with Crippen molar-refractivity contribution in [3.05, 3.63) is 41.8 Å². The van der Waals surface area contributed by atoms with Crippen LogP contribution in [0.2, 0.25) is 0 Å². The largest absolute Gasteiger partial charge is 0.440 e. The summed E-state index contributed by atoms with van der Waals surface area (Å²) in [4.78, 5) is 4.26. The van der Waals surface area contributed by atoms with Crippen molar-refractivity contribution < 1.29 is 9.52 Å². The second-order valence-corrected chi connectivity index (χ2v) is 6.29. The summed E-state index contributed by atoms with van der Waals surface area (Å²) in [6.45, 7) is 0. The van der Waals surface area contributed by atoms with Crippen molar-refractivity contribution in [2.24, 2.45) is 5.92 Å². The lowest BCUT2D eigenvalue weighted by Gasteiger charge is -2.26. The first kappa shape index (κ1) is 14.8. The Morgan fingerprint density at radius 1 is 1.19 bits per heavy atom. The number of rotatable bonds is 4. The first-order chi connectivity index (χ1) is 10.3. The highest BCUT2D eigenvalue weighted by atomic mass is 79.9. The Balaban J connectivity index is 1.73. The predicted octanol–water partition coefficient (Wildman–Crippen LogP) is 4.85. The lowest BCUT2D eigenvalue weighted by Crippen LogP contribution is -2.15. The molecule has 1 saturated carbocycles. The zero-order chi connectivity index (χ0) is 14.7. The van der Waals surface area contributed by atoms with Crippen LogP contribution in [0.3, 0.4) is 0 Å². The highest BCUT2D eigenvalue weighted by Crippen LogP contribution is 2.34. The topological polar surface area (TPSA) is 46.3 Å². The summed E-state index contributed by atoms with van der Waals surface area (Å²) in [6.07, 6.45) is 7.45. The van der Waals surface area contributed by atoms with Gasteiger partial charge in [0, 0.05) is 5.56 Å². The number of hydrogen-bond acceptors (Lipinski definition) is 3. The highest BCUT2D eigenvalue weighted by molar-refractivity contribution is 9.08. The number of aliphatic hydroxyl groups is 1. The van der Waals surface area contributed by atoms with Crippen molar-refractivity contribution in [3.63, 3.8) is 0 Å². The summed E-state index contributed by atoms with van der Waals surface area (Å²) >= 11 is 3.35. The molecule has 1 aromatic heterocycles. The molecule has 0 spiro atoms. The molecule has 3 rings (SSSR count). The molecule has 1 aromatic carbocycles. The molecule has 0 bridgehead atoms. The van der Waals surface area contributed by atoms with E-state index in [9.17, 15) is 5.11 Å². The summed E-state index contributed by atoms with van der Waals surface area (Å²) < 4.78 is 5.62. The third-order valence-electron chi connectivity index (χ3n) is 4.28. The molecule has 1 atom stereocenters. The van der Waals surface area contributed by atoms with E-state index in [1.54, 1.807) is 6.20 Å². The van der Waals surface area contributed by atoms with E-state index in [0.717, 1.165) is 29.7 Å². The summed E-state index contributed by atoms with van der Waals surface area (Å²) in [5.41, 5.74) is 1.94. The fourth-order valence-electron chi connectivity index (χ4n) is 3.05. The molecule has 1 aliphatic rings. The Kier molecular flexibility index (Phi) is 4.76. The van der Waals surface area contributed by atoms with Crippen LogP contribution in [0.1, 0.15) is 49.5 Å². The fraction of sp³-hybridized carbons (Fsp3) is 0.471. The normalized spacial score (nSPS) is 17.8. The molecule has 1 N–H and O–H groups in total. The number of oxazole rings is 1. The van der Waals surface area contributed by atoms with Gasteiger partial charge in [-0.2, -0.15) is 0 Å². The zero-order valence-corrected chi connectivity index (χ0v) is 13.6. The van der Waals surface area contributed by atoms with Crippen LogP contribution in [0, 0.1) is 5.92 Å². The van der Waals surface area contributed by atoms with Crippen LogP contribution in [0.5, 0.6) is 0 Å². The van der Waals surface area contributed by atoms with E-state index in [1.807, 2.05) is 24.3 Å². The number of alkyl halides is 1. The molecule has 2 aromatic rings. The van der Waals surface area contributed by atoms with Crippen molar-refractivity contribution in [2.75, 3.05) is 0 Å².